The molecule has 0 saturated carbocycles. The summed E-state index contributed by atoms with van der Waals surface area (Å²) in [6.45, 7) is 1.51. The Morgan fingerprint density at radius 3 is 2.31 bits per heavy atom. The number of benzene rings is 2. The first-order valence-corrected chi connectivity index (χ1v) is 11.2. The van der Waals surface area contributed by atoms with Gasteiger partial charge in [-0.15, -0.1) is 0 Å². The number of aliphatic hydroxyl groups excluding tert-OH is 2. The maximum absolute atomic E-state index is 12.8. The van der Waals surface area contributed by atoms with Crippen LogP contribution in [0.1, 0.15) is 28.8 Å². The Labute approximate surface area is 199 Å². The molecule has 0 amide bonds. The first-order chi connectivity index (χ1) is 16.8. The largest absolute Gasteiger partial charge is 0.463 e. The maximum Gasteiger partial charge on any atom is 0.330 e. The van der Waals surface area contributed by atoms with Crippen LogP contribution in [0.3, 0.4) is 0 Å². The summed E-state index contributed by atoms with van der Waals surface area (Å²) in [6.07, 6.45) is -4.58. The lowest BCUT2D eigenvalue weighted by Gasteiger charge is -2.22. The molecular weight excluding hydrogens is 454 g/mol. The van der Waals surface area contributed by atoms with E-state index in [1.807, 2.05) is 48.5 Å². The Balaban J connectivity index is 1.31. The summed E-state index contributed by atoms with van der Waals surface area (Å²) in [6, 6.07) is 14.4. The van der Waals surface area contributed by atoms with Crippen LogP contribution in [0.2, 0.25) is 0 Å². The second-order valence-corrected chi connectivity index (χ2v) is 8.83. The summed E-state index contributed by atoms with van der Waals surface area (Å²) in [7, 11) is 0. The molecule has 5 N–H and O–H groups in total. The van der Waals surface area contributed by atoms with Gasteiger partial charge in [-0.3, -0.25) is 19.1 Å². The summed E-state index contributed by atoms with van der Waals surface area (Å²) in [5, 5.41) is 21.0. The van der Waals surface area contributed by atoms with Crippen molar-refractivity contribution in [2.75, 3.05) is 6.61 Å². The first kappa shape index (κ1) is 23.2. The Kier molecular flexibility index (Phi) is 5.89. The molecule has 10 heteroatoms. The molecule has 2 aliphatic rings. The number of aromatic nitrogens is 2. The summed E-state index contributed by atoms with van der Waals surface area (Å²) < 4.78 is 12.1. The van der Waals surface area contributed by atoms with E-state index in [0.29, 0.717) is 0 Å². The molecule has 1 fully saturated rings. The van der Waals surface area contributed by atoms with Gasteiger partial charge in [0.25, 0.3) is 5.56 Å². The molecule has 1 saturated heterocycles. The van der Waals surface area contributed by atoms with E-state index in [1.165, 1.54) is 13.1 Å². The average Bonchev–Trinajstić information content (AvgIpc) is 3.33. The predicted octanol–water partition coefficient (Wildman–Crippen LogP) is 0.147. The van der Waals surface area contributed by atoms with Gasteiger partial charge in [0.05, 0.1) is 0 Å². The molecule has 35 heavy (non-hydrogen) atoms. The van der Waals surface area contributed by atoms with Crippen LogP contribution in [-0.2, 0) is 14.3 Å². The minimum atomic E-state index is -1.56. The molecule has 1 aliphatic heterocycles. The van der Waals surface area contributed by atoms with E-state index in [-0.39, 0.29) is 18.1 Å². The lowest BCUT2D eigenvalue weighted by molar-refractivity contribution is -0.151. The van der Waals surface area contributed by atoms with Gasteiger partial charge in [0.1, 0.15) is 31.0 Å². The van der Waals surface area contributed by atoms with E-state index < -0.39 is 47.8 Å². The highest BCUT2D eigenvalue weighted by atomic mass is 16.6. The zero-order valence-electron chi connectivity index (χ0n) is 18.8. The topological polar surface area (TPSA) is 157 Å². The number of carbonyl (C=O) groups is 1. The van der Waals surface area contributed by atoms with E-state index >= 15 is 0 Å². The van der Waals surface area contributed by atoms with E-state index in [1.54, 1.807) is 0 Å². The number of rotatable bonds is 5. The number of aliphatic hydroxyl groups is 2. The highest BCUT2D eigenvalue weighted by Gasteiger charge is 2.49. The molecule has 0 radical (unpaired) electrons. The Hall–Kier alpha value is -3.57. The van der Waals surface area contributed by atoms with Gasteiger partial charge in [-0.1, -0.05) is 48.5 Å². The molecular formula is C25H25N3O7. The monoisotopic (exact) mass is 479 g/mol. The zero-order valence-corrected chi connectivity index (χ0v) is 18.8. The molecule has 3 unspecified atom stereocenters. The third kappa shape index (κ3) is 3.90. The summed E-state index contributed by atoms with van der Waals surface area (Å²) in [5.74, 6) is -0.984. The minimum Gasteiger partial charge on any atom is -0.463 e. The van der Waals surface area contributed by atoms with Gasteiger partial charge in [-0.05, 0) is 29.2 Å². The number of hydrogen-bond acceptors (Lipinski definition) is 8. The lowest BCUT2D eigenvalue weighted by Crippen LogP contribution is -2.49. The summed E-state index contributed by atoms with van der Waals surface area (Å²) in [5.41, 5.74) is 9.10. The fourth-order valence-corrected chi connectivity index (χ4v) is 4.82. The number of aryl methyl sites for hydroxylation is 1. The van der Waals surface area contributed by atoms with Crippen LogP contribution in [0.5, 0.6) is 0 Å². The quantitative estimate of drug-likeness (QED) is 0.377. The number of H-pyrrole nitrogens is 1. The van der Waals surface area contributed by atoms with Crippen molar-refractivity contribution >= 4 is 5.97 Å². The second kappa shape index (κ2) is 8.90. The van der Waals surface area contributed by atoms with Gasteiger partial charge >= 0.3 is 11.7 Å². The van der Waals surface area contributed by atoms with Crippen LogP contribution in [0.4, 0.5) is 0 Å². The molecule has 5 rings (SSSR count). The van der Waals surface area contributed by atoms with Gasteiger partial charge in [0.2, 0.25) is 0 Å². The summed E-state index contributed by atoms with van der Waals surface area (Å²) >= 11 is 0. The van der Waals surface area contributed by atoms with Crippen LogP contribution >= 0.6 is 0 Å². The predicted molar refractivity (Wildman–Crippen MR) is 125 cm³/mol. The Bertz CT molecular complexity index is 1350. The number of ether oxygens (including phenoxy) is 2. The van der Waals surface area contributed by atoms with Crippen LogP contribution < -0.4 is 17.0 Å². The molecule has 2 heterocycles. The van der Waals surface area contributed by atoms with Crippen LogP contribution in [-0.4, -0.2) is 56.7 Å². The number of carbonyl (C=O) groups excluding carboxylic acids is 1. The number of hydrogen-bond donors (Lipinski definition) is 4. The number of esters is 1. The Morgan fingerprint density at radius 1 is 1.09 bits per heavy atom. The van der Waals surface area contributed by atoms with Crippen molar-refractivity contribution in [1.29, 1.82) is 0 Å². The molecule has 1 aromatic heterocycles. The molecule has 0 bridgehead atoms. The van der Waals surface area contributed by atoms with Crippen LogP contribution in [0.15, 0.2) is 64.3 Å². The van der Waals surface area contributed by atoms with Crippen molar-refractivity contribution in [3.63, 3.8) is 0 Å². The summed E-state index contributed by atoms with van der Waals surface area (Å²) in [4.78, 5) is 38.8. The van der Waals surface area contributed by atoms with Crippen LogP contribution in [0, 0.1) is 6.92 Å². The fraction of sp³-hybridized carbons (Fsp3) is 0.320. The van der Waals surface area contributed by atoms with E-state index in [0.717, 1.165) is 26.8 Å². The third-order valence-electron chi connectivity index (χ3n) is 6.68. The van der Waals surface area contributed by atoms with Crippen molar-refractivity contribution in [2.24, 2.45) is 5.73 Å². The van der Waals surface area contributed by atoms with E-state index in [2.05, 4.69) is 4.98 Å². The standard InChI is InChI=1S/C25H25N3O7/c1-12-10-28(25(33)27-22(12)31)23-20(30)19(29)21(35-23)18(26)24(32)34-11-17-15-8-4-2-6-13(15)14-7-3-5-9-16(14)17/h2-10,17-21,23,29-30H,11,26H2,1H3,(H,27,31,33)/t18?,19?,20?,21-,23-/m1/s1. The van der Waals surface area contributed by atoms with Gasteiger partial charge in [0.15, 0.2) is 6.23 Å². The SMILES string of the molecule is Cc1cn([C@@H]2O[C@H](C(N)C(=O)OCC3c4ccccc4-c4ccccc43)C(O)C2O)c(=O)[nH]c1=O. The minimum absolute atomic E-state index is 0.0356. The smallest absolute Gasteiger partial charge is 0.330 e. The highest BCUT2D eigenvalue weighted by Crippen LogP contribution is 2.44. The first-order valence-electron chi connectivity index (χ1n) is 11.2. The molecule has 5 atom stereocenters. The number of nitrogens with two attached hydrogens (primary N) is 1. The zero-order chi connectivity index (χ0) is 24.9. The van der Waals surface area contributed by atoms with Gasteiger partial charge < -0.3 is 25.4 Å². The number of nitrogens with zero attached hydrogens (tertiary/aromatic N) is 1. The second-order valence-electron chi connectivity index (χ2n) is 8.83. The van der Waals surface area contributed by atoms with Gasteiger partial charge in [-0.25, -0.2) is 4.79 Å². The molecule has 0 spiro atoms. The number of aromatic amines is 1. The number of fused-ring (bicyclic) bond motifs is 3. The van der Waals surface area contributed by atoms with Crippen molar-refractivity contribution in [1.82, 2.24) is 9.55 Å². The molecule has 3 aromatic rings. The van der Waals surface area contributed by atoms with Crippen molar-refractivity contribution in [2.45, 2.75) is 43.4 Å². The van der Waals surface area contributed by atoms with Crippen LogP contribution in [0.25, 0.3) is 11.1 Å². The molecule has 2 aromatic carbocycles. The lowest BCUT2D eigenvalue weighted by atomic mass is 9.98. The average molecular weight is 479 g/mol. The fourth-order valence-electron chi connectivity index (χ4n) is 4.82. The maximum atomic E-state index is 12.8. The van der Waals surface area contributed by atoms with Crippen molar-refractivity contribution < 1.29 is 24.5 Å². The number of nitrogens with one attached hydrogen (secondary N) is 1. The van der Waals surface area contributed by atoms with E-state index in [4.69, 9.17) is 15.2 Å². The normalized spacial score (nSPS) is 24.1. The molecule has 182 valence electrons. The van der Waals surface area contributed by atoms with Crippen molar-refractivity contribution in [3.8, 4) is 11.1 Å². The van der Waals surface area contributed by atoms with Gasteiger partial charge in [0, 0.05) is 17.7 Å². The van der Waals surface area contributed by atoms with E-state index in [9.17, 15) is 24.6 Å². The molecule has 10 nitrogen and oxygen atoms in total. The highest BCUT2D eigenvalue weighted by molar-refractivity contribution is 5.80. The molecule has 1 aliphatic carbocycles. The third-order valence-corrected chi connectivity index (χ3v) is 6.68. The van der Waals surface area contributed by atoms with Gasteiger partial charge in [-0.2, -0.15) is 0 Å². The Morgan fingerprint density at radius 2 is 1.69 bits per heavy atom. The van der Waals surface area contributed by atoms with Crippen molar-refractivity contribution in [3.05, 3.63) is 92.3 Å².